The van der Waals surface area contributed by atoms with Gasteiger partial charge >= 0.3 is 0 Å². The van der Waals surface area contributed by atoms with E-state index < -0.39 is 5.91 Å². The van der Waals surface area contributed by atoms with Crippen molar-refractivity contribution in [3.63, 3.8) is 0 Å². The van der Waals surface area contributed by atoms with Gasteiger partial charge in [0.1, 0.15) is 11.5 Å². The van der Waals surface area contributed by atoms with Crippen molar-refractivity contribution in [1.82, 2.24) is 19.1 Å². The zero-order valence-corrected chi connectivity index (χ0v) is 16.5. The molecule has 0 saturated carbocycles. The van der Waals surface area contributed by atoms with Crippen LogP contribution in [0.25, 0.3) is 16.6 Å². The second-order valence-corrected chi connectivity index (χ2v) is 6.72. The van der Waals surface area contributed by atoms with Crippen LogP contribution in [0.1, 0.15) is 23.1 Å². The Balaban J connectivity index is 1.65. The fourth-order valence-corrected chi connectivity index (χ4v) is 3.27. The lowest BCUT2D eigenvalue weighted by molar-refractivity contribution is 0.102. The molecule has 1 amide bonds. The van der Waals surface area contributed by atoms with Crippen LogP contribution in [0, 0.1) is 6.92 Å². The van der Waals surface area contributed by atoms with Gasteiger partial charge in [0.15, 0.2) is 0 Å². The number of hydrogen-bond acceptors (Lipinski definition) is 5. The molecule has 2 aromatic heterocycles. The van der Waals surface area contributed by atoms with Gasteiger partial charge in [0.05, 0.1) is 29.1 Å². The molecular weight excluding hydrogens is 382 g/mol. The fraction of sp³-hybridized carbons (Fsp3) is 0.136. The smallest absolute Gasteiger partial charge is 0.277 e. The molecule has 0 fully saturated rings. The molecule has 150 valence electrons. The summed E-state index contributed by atoms with van der Waals surface area (Å²) in [6.45, 7) is 4.03. The third-order valence-corrected chi connectivity index (χ3v) is 4.82. The summed E-state index contributed by atoms with van der Waals surface area (Å²) in [5.74, 6) is 0.112. The van der Waals surface area contributed by atoms with Gasteiger partial charge < -0.3 is 5.32 Å². The Labute approximate surface area is 171 Å². The lowest BCUT2D eigenvalue weighted by Crippen LogP contribution is -2.26. The molecule has 0 spiro atoms. The molecule has 8 nitrogen and oxygen atoms in total. The van der Waals surface area contributed by atoms with Gasteiger partial charge in [0.2, 0.25) is 0 Å². The quantitative estimate of drug-likeness (QED) is 0.567. The zero-order valence-electron chi connectivity index (χ0n) is 16.5. The Bertz CT molecular complexity index is 1370. The first-order valence-corrected chi connectivity index (χ1v) is 9.44. The number of anilines is 1. The largest absolute Gasteiger partial charge is 0.316 e. The van der Waals surface area contributed by atoms with E-state index in [4.69, 9.17) is 0 Å². The summed E-state index contributed by atoms with van der Waals surface area (Å²) < 4.78 is 2.91. The number of amides is 1. The molecule has 1 N–H and O–H groups in total. The molecule has 0 atom stereocenters. The van der Waals surface area contributed by atoms with Gasteiger partial charge in [0, 0.05) is 12.1 Å². The van der Waals surface area contributed by atoms with E-state index >= 15 is 0 Å². The normalized spacial score (nSPS) is 10.9. The Morgan fingerprint density at radius 3 is 2.50 bits per heavy atom. The topological polar surface area (TPSA) is 98.9 Å². The average molecular weight is 401 g/mol. The summed E-state index contributed by atoms with van der Waals surface area (Å²) in [5.41, 5.74) is 1.21. The highest BCUT2D eigenvalue weighted by molar-refractivity contribution is 6.04. The standard InChI is InChI=1S/C22H19N5O3/c1-3-26-13-23-12-19(22(26)30)25-20(28)15-8-10-16(11-9-15)27-14(2)24-18-7-5-4-6-17(18)21(27)29/h4-13H,3H2,1-2H3,(H,25,28). The summed E-state index contributed by atoms with van der Waals surface area (Å²) in [5, 5.41) is 3.11. The van der Waals surface area contributed by atoms with Crippen molar-refractivity contribution in [1.29, 1.82) is 0 Å². The van der Waals surface area contributed by atoms with Crippen LogP contribution in [-0.2, 0) is 6.54 Å². The first-order valence-electron chi connectivity index (χ1n) is 9.44. The Morgan fingerprint density at radius 2 is 1.77 bits per heavy atom. The number of nitrogens with one attached hydrogen (secondary N) is 1. The summed E-state index contributed by atoms with van der Waals surface area (Å²) in [7, 11) is 0. The van der Waals surface area contributed by atoms with Gasteiger partial charge in [-0.2, -0.15) is 0 Å². The molecule has 8 heteroatoms. The van der Waals surface area contributed by atoms with Crippen molar-refractivity contribution in [2.45, 2.75) is 20.4 Å². The second-order valence-electron chi connectivity index (χ2n) is 6.72. The zero-order chi connectivity index (χ0) is 21.3. The molecule has 2 heterocycles. The number of rotatable bonds is 4. The minimum Gasteiger partial charge on any atom is -0.316 e. The molecule has 0 aliphatic carbocycles. The van der Waals surface area contributed by atoms with Crippen LogP contribution in [0.2, 0.25) is 0 Å². The van der Waals surface area contributed by atoms with Gasteiger partial charge in [-0.15, -0.1) is 0 Å². The Hall–Kier alpha value is -4.07. The SMILES string of the molecule is CCn1cncc(NC(=O)c2ccc(-n3c(C)nc4ccccc4c3=O)cc2)c1=O. The highest BCUT2D eigenvalue weighted by Gasteiger charge is 2.13. The molecule has 0 unspecified atom stereocenters. The maximum Gasteiger partial charge on any atom is 0.277 e. The lowest BCUT2D eigenvalue weighted by atomic mass is 10.1. The van der Waals surface area contributed by atoms with E-state index in [0.717, 1.165) is 0 Å². The number of nitrogens with zero attached hydrogens (tertiary/aromatic N) is 4. The summed E-state index contributed by atoms with van der Waals surface area (Å²) in [6, 6.07) is 13.7. The third-order valence-electron chi connectivity index (χ3n) is 4.82. The van der Waals surface area contributed by atoms with Crippen molar-refractivity contribution >= 4 is 22.5 Å². The maximum atomic E-state index is 12.9. The van der Waals surface area contributed by atoms with Gasteiger partial charge in [-0.1, -0.05) is 12.1 Å². The Morgan fingerprint density at radius 1 is 1.03 bits per heavy atom. The van der Waals surface area contributed by atoms with Crippen molar-refractivity contribution in [3.8, 4) is 5.69 Å². The van der Waals surface area contributed by atoms with E-state index in [9.17, 15) is 14.4 Å². The van der Waals surface area contributed by atoms with Gasteiger partial charge in [-0.25, -0.2) is 9.97 Å². The van der Waals surface area contributed by atoms with Gasteiger partial charge in [-0.05, 0) is 50.2 Å². The average Bonchev–Trinajstić information content (AvgIpc) is 2.75. The van der Waals surface area contributed by atoms with Gasteiger partial charge in [-0.3, -0.25) is 23.5 Å². The van der Waals surface area contributed by atoms with Gasteiger partial charge in [0.25, 0.3) is 17.0 Å². The highest BCUT2D eigenvalue weighted by Crippen LogP contribution is 2.14. The number of para-hydroxylation sites is 1. The molecular formula is C22H19N5O3. The first kappa shape index (κ1) is 19.3. The van der Waals surface area contributed by atoms with Crippen LogP contribution in [0.3, 0.4) is 0 Å². The number of carbonyl (C=O) groups is 1. The predicted molar refractivity (Wildman–Crippen MR) is 114 cm³/mol. The molecule has 0 aliphatic rings. The highest BCUT2D eigenvalue weighted by atomic mass is 16.2. The van der Waals surface area contributed by atoms with Crippen LogP contribution >= 0.6 is 0 Å². The fourth-order valence-electron chi connectivity index (χ4n) is 3.27. The number of hydrogen-bond donors (Lipinski definition) is 1. The van der Waals surface area contributed by atoms with Crippen molar-refractivity contribution in [3.05, 3.63) is 93.2 Å². The molecule has 0 saturated heterocycles. The second kappa shape index (κ2) is 7.75. The lowest BCUT2D eigenvalue weighted by Gasteiger charge is -2.11. The molecule has 2 aromatic carbocycles. The molecule has 0 radical (unpaired) electrons. The van der Waals surface area contributed by atoms with E-state index in [1.807, 2.05) is 13.0 Å². The number of aromatic nitrogens is 4. The predicted octanol–water partition coefficient (Wildman–Crippen LogP) is 2.52. The summed E-state index contributed by atoms with van der Waals surface area (Å²) in [4.78, 5) is 46.2. The van der Waals surface area contributed by atoms with Crippen LogP contribution < -0.4 is 16.4 Å². The van der Waals surface area contributed by atoms with E-state index in [2.05, 4.69) is 15.3 Å². The van der Waals surface area contributed by atoms with Crippen LogP contribution in [0.4, 0.5) is 5.69 Å². The van der Waals surface area contributed by atoms with Crippen molar-refractivity contribution in [2.75, 3.05) is 5.32 Å². The number of benzene rings is 2. The molecule has 0 aliphatic heterocycles. The molecule has 4 aromatic rings. The van der Waals surface area contributed by atoms with Crippen LogP contribution in [0.15, 0.2) is 70.6 Å². The number of carbonyl (C=O) groups excluding carboxylic acids is 1. The summed E-state index contributed by atoms with van der Waals surface area (Å²) in [6.07, 6.45) is 2.74. The van der Waals surface area contributed by atoms with Crippen LogP contribution in [0.5, 0.6) is 0 Å². The maximum absolute atomic E-state index is 12.9. The van der Waals surface area contributed by atoms with Crippen LogP contribution in [-0.4, -0.2) is 25.0 Å². The number of fused-ring (bicyclic) bond motifs is 1. The van der Waals surface area contributed by atoms with Crippen molar-refractivity contribution < 1.29 is 4.79 Å². The molecule has 0 bridgehead atoms. The monoisotopic (exact) mass is 401 g/mol. The minimum absolute atomic E-state index is 0.110. The Kier molecular flexibility index (Phi) is 4.97. The van der Waals surface area contributed by atoms with E-state index in [1.165, 1.54) is 21.7 Å². The molecule has 30 heavy (non-hydrogen) atoms. The van der Waals surface area contributed by atoms with E-state index in [1.54, 1.807) is 49.4 Å². The number of aryl methyl sites for hydroxylation is 2. The minimum atomic E-state index is -0.435. The molecule has 4 rings (SSSR count). The summed E-state index contributed by atoms with van der Waals surface area (Å²) >= 11 is 0. The van der Waals surface area contributed by atoms with Crippen molar-refractivity contribution in [2.24, 2.45) is 0 Å². The van der Waals surface area contributed by atoms with E-state index in [-0.39, 0.29) is 16.8 Å². The van der Waals surface area contributed by atoms with E-state index in [0.29, 0.717) is 34.5 Å². The first-order chi connectivity index (χ1) is 14.5. The third kappa shape index (κ3) is 3.39.